The minimum Gasteiger partial charge on any atom is -0.386 e. The number of hydrogen-bond donors (Lipinski definition) is 0. The summed E-state index contributed by atoms with van der Waals surface area (Å²) in [5, 5.41) is 0. The number of hydrogen-bond acceptors (Lipinski definition) is 3. The van der Waals surface area contributed by atoms with Gasteiger partial charge in [0, 0.05) is 11.1 Å². The Labute approximate surface area is 77.8 Å². The normalized spacial score (nSPS) is 16.8. The molecule has 0 aliphatic carbocycles. The van der Waals surface area contributed by atoms with Gasteiger partial charge in [0.2, 0.25) is 0 Å². The van der Waals surface area contributed by atoms with Gasteiger partial charge in [-0.15, -0.1) is 0 Å². The van der Waals surface area contributed by atoms with Crippen molar-refractivity contribution >= 4 is 11.9 Å². The molecule has 0 amide bonds. The summed E-state index contributed by atoms with van der Waals surface area (Å²) in [7, 11) is 0. The molecule has 0 saturated carbocycles. The Morgan fingerprint density at radius 3 is 1.62 bits per heavy atom. The van der Waals surface area contributed by atoms with E-state index in [9.17, 15) is 9.59 Å². The van der Waals surface area contributed by atoms with Gasteiger partial charge in [0.25, 0.3) is 0 Å². The van der Waals surface area contributed by atoms with Gasteiger partial charge < -0.3 is 4.74 Å². The van der Waals surface area contributed by atoms with Crippen LogP contribution in [0.1, 0.15) is 39.5 Å². The summed E-state index contributed by atoms with van der Waals surface area (Å²) in [6.45, 7) is 3.96. The Morgan fingerprint density at radius 2 is 1.31 bits per heavy atom. The van der Waals surface area contributed by atoms with Gasteiger partial charge in [-0.1, -0.05) is 26.7 Å². The minimum atomic E-state index is -0.435. The molecule has 0 unspecified atom stereocenters. The van der Waals surface area contributed by atoms with Gasteiger partial charge in [-0.2, -0.15) is 0 Å². The van der Waals surface area contributed by atoms with Crippen LogP contribution < -0.4 is 0 Å². The summed E-state index contributed by atoms with van der Waals surface area (Å²) in [6.07, 6.45) is 3.04. The zero-order chi connectivity index (χ0) is 9.84. The molecule has 0 aromatic heterocycles. The van der Waals surface area contributed by atoms with E-state index in [0.717, 1.165) is 12.8 Å². The Balaban J connectivity index is 2.88. The second-order valence-corrected chi connectivity index (χ2v) is 3.13. The first kappa shape index (κ1) is 9.96. The zero-order valence-corrected chi connectivity index (χ0v) is 8.05. The lowest BCUT2D eigenvalue weighted by atomic mass is 10.0. The first-order chi connectivity index (χ1) is 6.20. The van der Waals surface area contributed by atoms with Crippen LogP contribution in [0.3, 0.4) is 0 Å². The molecule has 0 aromatic carbocycles. The van der Waals surface area contributed by atoms with Crippen molar-refractivity contribution in [2.45, 2.75) is 39.5 Å². The third kappa shape index (κ3) is 1.97. The first-order valence-corrected chi connectivity index (χ1v) is 4.69. The van der Waals surface area contributed by atoms with E-state index in [1.165, 1.54) is 0 Å². The molecule has 0 saturated heterocycles. The summed E-state index contributed by atoms with van der Waals surface area (Å²) in [5.74, 6) is -0.870. The second-order valence-electron chi connectivity index (χ2n) is 3.13. The number of esters is 2. The predicted molar refractivity (Wildman–Crippen MR) is 47.9 cm³/mol. The molecule has 0 aromatic rings. The van der Waals surface area contributed by atoms with Crippen LogP contribution in [-0.4, -0.2) is 11.9 Å². The fourth-order valence-electron chi connectivity index (χ4n) is 1.46. The predicted octanol–water partition coefficient (Wildman–Crippen LogP) is 1.97. The standard InChI is InChI=1S/C10H14O3/c1-3-5-7-8(6-4-2)10(12)13-9(7)11/h3-6H2,1-2H3. The molecular weight excluding hydrogens is 168 g/mol. The first-order valence-electron chi connectivity index (χ1n) is 4.69. The summed E-state index contributed by atoms with van der Waals surface area (Å²) in [5.41, 5.74) is 1.18. The van der Waals surface area contributed by atoms with Gasteiger partial charge in [0.1, 0.15) is 0 Å². The second kappa shape index (κ2) is 4.21. The van der Waals surface area contributed by atoms with E-state index < -0.39 is 11.9 Å². The van der Waals surface area contributed by atoms with E-state index in [2.05, 4.69) is 4.74 Å². The molecule has 1 aliphatic heterocycles. The van der Waals surface area contributed by atoms with Crippen molar-refractivity contribution in [2.24, 2.45) is 0 Å². The molecule has 0 N–H and O–H groups in total. The van der Waals surface area contributed by atoms with Gasteiger partial charge in [-0.05, 0) is 12.8 Å². The Morgan fingerprint density at radius 1 is 0.923 bits per heavy atom. The molecule has 13 heavy (non-hydrogen) atoms. The van der Waals surface area contributed by atoms with E-state index in [1.54, 1.807) is 0 Å². The van der Waals surface area contributed by atoms with Crippen molar-refractivity contribution in [1.29, 1.82) is 0 Å². The van der Waals surface area contributed by atoms with Crippen LogP contribution in [0.4, 0.5) is 0 Å². The van der Waals surface area contributed by atoms with E-state index >= 15 is 0 Å². The molecular formula is C10H14O3. The highest BCUT2D eigenvalue weighted by molar-refractivity contribution is 6.12. The molecule has 1 heterocycles. The highest BCUT2D eigenvalue weighted by Crippen LogP contribution is 2.24. The van der Waals surface area contributed by atoms with Crippen LogP contribution in [0.15, 0.2) is 11.1 Å². The molecule has 0 bridgehead atoms. The highest BCUT2D eigenvalue weighted by atomic mass is 16.6. The molecule has 1 rings (SSSR count). The van der Waals surface area contributed by atoms with Gasteiger partial charge in [0.15, 0.2) is 0 Å². The van der Waals surface area contributed by atoms with E-state index in [1.807, 2.05) is 13.8 Å². The lowest BCUT2D eigenvalue weighted by Crippen LogP contribution is -2.02. The Bertz CT molecular complexity index is 237. The maximum absolute atomic E-state index is 11.2. The smallest absolute Gasteiger partial charge is 0.342 e. The van der Waals surface area contributed by atoms with Crippen molar-refractivity contribution in [3.05, 3.63) is 11.1 Å². The van der Waals surface area contributed by atoms with Crippen LogP contribution in [-0.2, 0) is 14.3 Å². The fourth-order valence-corrected chi connectivity index (χ4v) is 1.46. The average molecular weight is 182 g/mol. The third-order valence-corrected chi connectivity index (χ3v) is 2.04. The summed E-state index contributed by atoms with van der Waals surface area (Å²) >= 11 is 0. The number of ether oxygens (including phenoxy) is 1. The molecule has 3 heteroatoms. The van der Waals surface area contributed by atoms with Gasteiger partial charge in [0.05, 0.1) is 0 Å². The van der Waals surface area contributed by atoms with E-state index in [0.29, 0.717) is 24.0 Å². The average Bonchev–Trinajstić information content (AvgIpc) is 2.33. The topological polar surface area (TPSA) is 43.4 Å². The SMILES string of the molecule is CCCC1=C(CCC)C(=O)OC1=O. The Hall–Kier alpha value is -1.12. The molecule has 3 nitrogen and oxygen atoms in total. The maximum atomic E-state index is 11.2. The highest BCUT2D eigenvalue weighted by Gasteiger charge is 2.30. The summed E-state index contributed by atoms with van der Waals surface area (Å²) in [4.78, 5) is 22.3. The van der Waals surface area contributed by atoms with Gasteiger partial charge in [-0.25, -0.2) is 9.59 Å². The van der Waals surface area contributed by atoms with Crippen molar-refractivity contribution in [1.82, 2.24) is 0 Å². The summed E-state index contributed by atoms with van der Waals surface area (Å²) in [6, 6.07) is 0. The van der Waals surface area contributed by atoms with Crippen molar-refractivity contribution < 1.29 is 14.3 Å². The van der Waals surface area contributed by atoms with Crippen LogP contribution in [0, 0.1) is 0 Å². The number of cyclic esters (lactones) is 2. The van der Waals surface area contributed by atoms with Crippen LogP contribution >= 0.6 is 0 Å². The summed E-state index contributed by atoms with van der Waals surface area (Å²) < 4.78 is 4.54. The van der Waals surface area contributed by atoms with Crippen molar-refractivity contribution in [2.75, 3.05) is 0 Å². The van der Waals surface area contributed by atoms with Crippen LogP contribution in [0.25, 0.3) is 0 Å². The van der Waals surface area contributed by atoms with Crippen LogP contribution in [0.2, 0.25) is 0 Å². The molecule has 1 aliphatic rings. The minimum absolute atomic E-state index is 0.435. The molecule has 0 atom stereocenters. The molecule has 0 radical (unpaired) electrons. The zero-order valence-electron chi connectivity index (χ0n) is 8.05. The lowest BCUT2D eigenvalue weighted by Gasteiger charge is -1.97. The van der Waals surface area contributed by atoms with E-state index in [-0.39, 0.29) is 0 Å². The number of rotatable bonds is 4. The van der Waals surface area contributed by atoms with Crippen molar-refractivity contribution in [3.63, 3.8) is 0 Å². The monoisotopic (exact) mass is 182 g/mol. The van der Waals surface area contributed by atoms with Crippen molar-refractivity contribution in [3.8, 4) is 0 Å². The van der Waals surface area contributed by atoms with Crippen LogP contribution in [0.5, 0.6) is 0 Å². The number of carbonyl (C=O) groups is 2. The molecule has 0 spiro atoms. The number of carbonyl (C=O) groups excluding carboxylic acids is 2. The maximum Gasteiger partial charge on any atom is 0.342 e. The van der Waals surface area contributed by atoms with E-state index in [4.69, 9.17) is 0 Å². The van der Waals surface area contributed by atoms with Gasteiger partial charge >= 0.3 is 11.9 Å². The fraction of sp³-hybridized carbons (Fsp3) is 0.600. The lowest BCUT2D eigenvalue weighted by molar-refractivity contribution is -0.151. The quantitative estimate of drug-likeness (QED) is 0.493. The Kier molecular flexibility index (Phi) is 3.23. The largest absolute Gasteiger partial charge is 0.386 e. The third-order valence-electron chi connectivity index (χ3n) is 2.04. The van der Waals surface area contributed by atoms with Gasteiger partial charge in [-0.3, -0.25) is 0 Å². The molecule has 72 valence electrons. The molecule has 0 fully saturated rings.